The van der Waals surface area contributed by atoms with Crippen LogP contribution >= 0.6 is 0 Å². The van der Waals surface area contributed by atoms with Crippen LogP contribution in [0.5, 0.6) is 0 Å². The van der Waals surface area contributed by atoms with Crippen LogP contribution in [0.4, 0.5) is 4.39 Å². The Morgan fingerprint density at radius 3 is 2.72 bits per heavy atom. The van der Waals surface area contributed by atoms with Crippen LogP contribution < -0.4 is 5.32 Å². The van der Waals surface area contributed by atoms with Crippen LogP contribution in [-0.2, 0) is 6.54 Å². The van der Waals surface area contributed by atoms with Crippen LogP contribution in [-0.4, -0.2) is 16.8 Å². The van der Waals surface area contributed by atoms with Crippen LogP contribution in [0.25, 0.3) is 11.3 Å². The van der Waals surface area contributed by atoms with Crippen LogP contribution in [0.15, 0.2) is 30.5 Å². The van der Waals surface area contributed by atoms with Gasteiger partial charge in [-0.3, -0.25) is 4.68 Å². The molecule has 0 atom stereocenters. The SMILES string of the molecule is CNCc1ccc(-c2ccnn2C(C)C)cc1F. The maximum absolute atomic E-state index is 13.9. The third-order valence-corrected chi connectivity index (χ3v) is 2.88. The first-order chi connectivity index (χ1) is 8.63. The minimum absolute atomic E-state index is 0.182. The van der Waals surface area contributed by atoms with Gasteiger partial charge in [0.1, 0.15) is 5.82 Å². The van der Waals surface area contributed by atoms with Gasteiger partial charge in [-0.15, -0.1) is 0 Å². The molecule has 0 spiro atoms. The Kier molecular flexibility index (Phi) is 3.77. The summed E-state index contributed by atoms with van der Waals surface area (Å²) in [6, 6.07) is 7.49. The van der Waals surface area contributed by atoms with Gasteiger partial charge in [0.2, 0.25) is 0 Å². The molecule has 0 aliphatic heterocycles. The molecule has 1 N–H and O–H groups in total. The molecule has 0 bridgehead atoms. The van der Waals surface area contributed by atoms with Crippen LogP contribution in [0, 0.1) is 5.82 Å². The van der Waals surface area contributed by atoms with Gasteiger partial charge in [-0.1, -0.05) is 12.1 Å². The predicted octanol–water partition coefficient (Wildman–Crippen LogP) is 2.99. The summed E-state index contributed by atoms with van der Waals surface area (Å²) in [5, 5.41) is 7.21. The lowest BCUT2D eigenvalue weighted by atomic mass is 10.1. The van der Waals surface area contributed by atoms with E-state index >= 15 is 0 Å². The fourth-order valence-electron chi connectivity index (χ4n) is 1.99. The lowest BCUT2D eigenvalue weighted by Gasteiger charge is -2.12. The Morgan fingerprint density at radius 2 is 2.11 bits per heavy atom. The molecule has 2 rings (SSSR count). The summed E-state index contributed by atoms with van der Waals surface area (Å²) < 4.78 is 15.8. The molecule has 0 fully saturated rings. The number of hydrogen-bond acceptors (Lipinski definition) is 2. The number of benzene rings is 1. The molecular weight excluding hydrogens is 229 g/mol. The fraction of sp³-hybridized carbons (Fsp3) is 0.357. The smallest absolute Gasteiger partial charge is 0.128 e. The Morgan fingerprint density at radius 1 is 1.33 bits per heavy atom. The number of nitrogens with one attached hydrogen (secondary N) is 1. The predicted molar refractivity (Wildman–Crippen MR) is 70.8 cm³/mol. The highest BCUT2D eigenvalue weighted by atomic mass is 19.1. The average molecular weight is 247 g/mol. The molecule has 3 nitrogen and oxygen atoms in total. The normalized spacial score (nSPS) is 11.2. The topological polar surface area (TPSA) is 29.9 Å². The van der Waals surface area contributed by atoms with E-state index in [2.05, 4.69) is 24.3 Å². The molecule has 1 heterocycles. The molecule has 0 radical (unpaired) electrons. The van der Waals surface area contributed by atoms with Gasteiger partial charge < -0.3 is 5.32 Å². The van der Waals surface area contributed by atoms with Crippen LogP contribution in [0.2, 0.25) is 0 Å². The second-order valence-corrected chi connectivity index (χ2v) is 4.59. The highest BCUT2D eigenvalue weighted by Gasteiger charge is 2.10. The van der Waals surface area contributed by atoms with E-state index < -0.39 is 0 Å². The van der Waals surface area contributed by atoms with Crippen molar-refractivity contribution in [2.24, 2.45) is 0 Å². The minimum atomic E-state index is -0.182. The molecule has 0 saturated carbocycles. The molecule has 0 unspecified atom stereocenters. The van der Waals surface area contributed by atoms with Gasteiger partial charge in [0, 0.05) is 29.9 Å². The van der Waals surface area contributed by atoms with E-state index in [9.17, 15) is 4.39 Å². The molecular formula is C14H18FN3. The van der Waals surface area contributed by atoms with Crippen molar-refractivity contribution in [3.8, 4) is 11.3 Å². The number of hydrogen-bond donors (Lipinski definition) is 1. The minimum Gasteiger partial charge on any atom is -0.316 e. The first kappa shape index (κ1) is 12.8. The van der Waals surface area contributed by atoms with Crippen LogP contribution in [0.1, 0.15) is 25.5 Å². The van der Waals surface area contributed by atoms with E-state index in [1.54, 1.807) is 19.3 Å². The van der Waals surface area contributed by atoms with Crippen molar-refractivity contribution >= 4 is 0 Å². The van der Waals surface area contributed by atoms with Gasteiger partial charge >= 0.3 is 0 Å². The van der Waals surface area contributed by atoms with E-state index in [0.717, 1.165) is 11.3 Å². The van der Waals surface area contributed by atoms with Gasteiger partial charge in [0.05, 0.1) is 5.69 Å². The van der Waals surface area contributed by atoms with Crippen molar-refractivity contribution in [3.63, 3.8) is 0 Å². The second-order valence-electron chi connectivity index (χ2n) is 4.59. The molecule has 2 aromatic rings. The monoisotopic (exact) mass is 247 g/mol. The summed E-state index contributed by atoms with van der Waals surface area (Å²) in [6.07, 6.45) is 1.74. The van der Waals surface area contributed by atoms with Crippen molar-refractivity contribution in [1.82, 2.24) is 15.1 Å². The van der Waals surface area contributed by atoms with Gasteiger partial charge in [0.25, 0.3) is 0 Å². The third-order valence-electron chi connectivity index (χ3n) is 2.88. The summed E-state index contributed by atoms with van der Waals surface area (Å²) >= 11 is 0. The van der Waals surface area contributed by atoms with E-state index in [-0.39, 0.29) is 11.9 Å². The molecule has 0 amide bonds. The molecule has 18 heavy (non-hydrogen) atoms. The summed E-state index contributed by atoms with van der Waals surface area (Å²) in [7, 11) is 1.81. The zero-order valence-electron chi connectivity index (χ0n) is 10.9. The first-order valence-electron chi connectivity index (χ1n) is 6.10. The molecule has 0 aliphatic rings. The molecule has 96 valence electrons. The van der Waals surface area contributed by atoms with Gasteiger partial charge in [-0.05, 0) is 33.0 Å². The zero-order chi connectivity index (χ0) is 13.1. The second kappa shape index (κ2) is 5.31. The van der Waals surface area contributed by atoms with Gasteiger partial charge in [0.15, 0.2) is 0 Å². The number of aromatic nitrogens is 2. The lowest BCUT2D eigenvalue weighted by Crippen LogP contribution is -2.08. The molecule has 0 saturated heterocycles. The van der Waals surface area contributed by atoms with Crippen molar-refractivity contribution in [2.75, 3.05) is 7.05 Å². The first-order valence-corrected chi connectivity index (χ1v) is 6.10. The Balaban J connectivity index is 2.39. The number of halogens is 1. The van der Waals surface area contributed by atoms with Crippen molar-refractivity contribution in [2.45, 2.75) is 26.4 Å². The molecule has 0 aliphatic carbocycles. The van der Waals surface area contributed by atoms with E-state index in [4.69, 9.17) is 0 Å². The number of rotatable bonds is 4. The standard InChI is InChI=1S/C14H18FN3/c1-10(2)18-14(6-7-17-18)11-4-5-12(9-16-3)13(15)8-11/h4-8,10,16H,9H2,1-3H3. The quantitative estimate of drug-likeness (QED) is 0.900. The van der Waals surface area contributed by atoms with E-state index in [1.807, 2.05) is 22.9 Å². The maximum Gasteiger partial charge on any atom is 0.128 e. The van der Waals surface area contributed by atoms with Gasteiger partial charge in [-0.2, -0.15) is 5.10 Å². The van der Waals surface area contributed by atoms with E-state index in [1.165, 1.54) is 0 Å². The van der Waals surface area contributed by atoms with Crippen molar-refractivity contribution < 1.29 is 4.39 Å². The Hall–Kier alpha value is -1.68. The summed E-state index contributed by atoms with van der Waals surface area (Å²) in [6.45, 7) is 4.65. The zero-order valence-corrected chi connectivity index (χ0v) is 10.9. The highest BCUT2D eigenvalue weighted by Crippen LogP contribution is 2.24. The fourth-order valence-corrected chi connectivity index (χ4v) is 1.99. The molecule has 4 heteroatoms. The average Bonchev–Trinajstić information content (AvgIpc) is 2.81. The van der Waals surface area contributed by atoms with Gasteiger partial charge in [-0.25, -0.2) is 4.39 Å². The van der Waals surface area contributed by atoms with E-state index in [0.29, 0.717) is 12.1 Å². The summed E-state index contributed by atoms with van der Waals surface area (Å²) in [5.41, 5.74) is 2.48. The Labute approximate surface area is 107 Å². The number of nitrogens with zero attached hydrogens (tertiary/aromatic N) is 2. The van der Waals surface area contributed by atoms with Crippen molar-refractivity contribution in [3.05, 3.63) is 41.8 Å². The largest absolute Gasteiger partial charge is 0.316 e. The summed E-state index contributed by atoms with van der Waals surface area (Å²) in [5.74, 6) is -0.182. The Bertz CT molecular complexity index is 532. The molecule has 1 aromatic heterocycles. The van der Waals surface area contributed by atoms with Crippen LogP contribution in [0.3, 0.4) is 0 Å². The third kappa shape index (κ3) is 2.43. The maximum atomic E-state index is 13.9. The lowest BCUT2D eigenvalue weighted by molar-refractivity contribution is 0.538. The highest BCUT2D eigenvalue weighted by molar-refractivity contribution is 5.60. The molecule has 1 aromatic carbocycles. The summed E-state index contributed by atoms with van der Waals surface area (Å²) in [4.78, 5) is 0. The van der Waals surface area contributed by atoms with Crippen molar-refractivity contribution in [1.29, 1.82) is 0 Å².